The molecule has 5 nitrogen and oxygen atoms in total. The summed E-state index contributed by atoms with van der Waals surface area (Å²) in [6.07, 6.45) is 18.6. The SMILES string of the molecule is CCCCCCCCCCCCCCCCSC(=O)Nc1ccc([N+](=O)[O-])cc1. The predicted octanol–water partition coefficient (Wildman–Crippen LogP) is 8.34. The Labute approximate surface area is 180 Å². The van der Waals surface area contributed by atoms with Gasteiger partial charge in [-0.1, -0.05) is 102 Å². The van der Waals surface area contributed by atoms with Crippen molar-refractivity contribution < 1.29 is 9.72 Å². The molecule has 1 amide bonds. The predicted molar refractivity (Wildman–Crippen MR) is 125 cm³/mol. The molecule has 0 aliphatic heterocycles. The summed E-state index contributed by atoms with van der Waals surface area (Å²) in [5.74, 6) is 0.816. The zero-order valence-electron chi connectivity index (χ0n) is 18.0. The van der Waals surface area contributed by atoms with E-state index in [0.29, 0.717) is 5.69 Å². The van der Waals surface area contributed by atoms with Crippen LogP contribution in [0.1, 0.15) is 96.8 Å². The minimum atomic E-state index is -0.448. The van der Waals surface area contributed by atoms with Gasteiger partial charge < -0.3 is 5.32 Å². The molecule has 0 radical (unpaired) electrons. The van der Waals surface area contributed by atoms with Crippen LogP contribution in [0, 0.1) is 10.1 Å². The van der Waals surface area contributed by atoms with Gasteiger partial charge in [-0.15, -0.1) is 0 Å². The van der Waals surface area contributed by atoms with E-state index in [1.807, 2.05) is 0 Å². The summed E-state index contributed by atoms with van der Waals surface area (Å²) in [5.41, 5.74) is 0.618. The molecule has 1 N–H and O–H groups in total. The van der Waals surface area contributed by atoms with E-state index in [2.05, 4.69) is 12.2 Å². The lowest BCUT2D eigenvalue weighted by Crippen LogP contribution is -2.05. The highest BCUT2D eigenvalue weighted by Gasteiger charge is 2.06. The summed E-state index contributed by atoms with van der Waals surface area (Å²) in [5, 5.41) is 13.3. The Morgan fingerprint density at radius 1 is 0.828 bits per heavy atom. The molecule has 1 aromatic carbocycles. The summed E-state index contributed by atoms with van der Waals surface area (Å²) in [6, 6.07) is 5.91. The minimum absolute atomic E-state index is 0.0260. The molecule has 1 aromatic rings. The molecule has 0 aliphatic rings. The number of rotatable bonds is 17. The zero-order chi connectivity index (χ0) is 21.2. The van der Waals surface area contributed by atoms with Crippen molar-refractivity contribution in [1.82, 2.24) is 0 Å². The number of hydrogen-bond acceptors (Lipinski definition) is 4. The van der Waals surface area contributed by atoms with Crippen molar-refractivity contribution in [3.05, 3.63) is 34.4 Å². The smallest absolute Gasteiger partial charge is 0.283 e. The molecular formula is C23H38N2O3S. The first-order chi connectivity index (χ1) is 14.1. The van der Waals surface area contributed by atoms with Crippen LogP contribution in [0.25, 0.3) is 0 Å². The molecule has 0 saturated heterocycles. The second kappa shape index (κ2) is 17.3. The van der Waals surface area contributed by atoms with Gasteiger partial charge >= 0.3 is 0 Å². The molecule has 0 atom stereocenters. The zero-order valence-corrected chi connectivity index (χ0v) is 18.8. The largest absolute Gasteiger partial charge is 0.317 e. The van der Waals surface area contributed by atoms with Crippen LogP contribution in [-0.4, -0.2) is 15.9 Å². The van der Waals surface area contributed by atoms with Gasteiger partial charge in [-0.05, 0) is 18.6 Å². The number of nitrogens with one attached hydrogen (secondary N) is 1. The van der Waals surface area contributed by atoms with Gasteiger partial charge in [-0.25, -0.2) is 0 Å². The monoisotopic (exact) mass is 422 g/mol. The third kappa shape index (κ3) is 14.1. The third-order valence-corrected chi connectivity index (χ3v) is 5.91. The van der Waals surface area contributed by atoms with Crippen molar-refractivity contribution in [2.75, 3.05) is 11.1 Å². The van der Waals surface area contributed by atoms with E-state index in [-0.39, 0.29) is 10.9 Å². The fourth-order valence-electron chi connectivity index (χ4n) is 3.28. The maximum Gasteiger partial charge on any atom is 0.283 e. The van der Waals surface area contributed by atoms with E-state index in [9.17, 15) is 14.9 Å². The molecule has 0 unspecified atom stereocenters. The number of carbonyl (C=O) groups excluding carboxylic acids is 1. The second-order valence-corrected chi connectivity index (χ2v) is 8.73. The van der Waals surface area contributed by atoms with E-state index in [0.717, 1.165) is 12.2 Å². The first-order valence-electron chi connectivity index (χ1n) is 11.3. The van der Waals surface area contributed by atoms with Crippen molar-refractivity contribution >= 4 is 28.4 Å². The van der Waals surface area contributed by atoms with E-state index >= 15 is 0 Å². The highest BCUT2D eigenvalue weighted by Crippen LogP contribution is 2.18. The Bertz CT molecular complexity index is 564. The summed E-state index contributed by atoms with van der Waals surface area (Å²) in [6.45, 7) is 2.26. The van der Waals surface area contributed by atoms with E-state index in [1.165, 1.54) is 107 Å². The fraction of sp³-hybridized carbons (Fsp3) is 0.696. The second-order valence-electron chi connectivity index (χ2n) is 7.66. The summed E-state index contributed by atoms with van der Waals surface area (Å²) in [7, 11) is 0. The molecule has 29 heavy (non-hydrogen) atoms. The standard InChI is InChI=1S/C23H38N2O3S/c1-2-3-4-5-6-7-8-9-10-11-12-13-14-15-20-29-23(26)24-21-16-18-22(19-17-21)25(27)28/h16-19H,2-15,20H2,1H3,(H,24,26). The van der Waals surface area contributed by atoms with Gasteiger partial charge in [0, 0.05) is 23.6 Å². The van der Waals surface area contributed by atoms with Crippen LogP contribution in [-0.2, 0) is 0 Å². The lowest BCUT2D eigenvalue weighted by molar-refractivity contribution is -0.384. The maximum atomic E-state index is 11.9. The lowest BCUT2D eigenvalue weighted by atomic mass is 10.0. The Kier molecular flexibility index (Phi) is 15.2. The maximum absolute atomic E-state index is 11.9. The van der Waals surface area contributed by atoms with Gasteiger partial charge in [0.1, 0.15) is 0 Å². The van der Waals surface area contributed by atoms with Gasteiger partial charge in [0.25, 0.3) is 10.9 Å². The minimum Gasteiger partial charge on any atom is -0.317 e. The number of benzene rings is 1. The van der Waals surface area contributed by atoms with Crippen molar-refractivity contribution in [2.45, 2.75) is 96.8 Å². The average Bonchev–Trinajstić information content (AvgIpc) is 2.71. The molecule has 0 aliphatic carbocycles. The number of nitro benzene ring substituents is 1. The van der Waals surface area contributed by atoms with Crippen LogP contribution >= 0.6 is 11.8 Å². The molecule has 0 aromatic heterocycles. The lowest BCUT2D eigenvalue weighted by Gasteiger charge is -2.05. The van der Waals surface area contributed by atoms with Gasteiger partial charge in [-0.2, -0.15) is 0 Å². The molecule has 0 spiro atoms. The van der Waals surface area contributed by atoms with Crippen molar-refractivity contribution in [3.63, 3.8) is 0 Å². The van der Waals surface area contributed by atoms with Crippen LogP contribution in [0.5, 0.6) is 0 Å². The molecule has 164 valence electrons. The summed E-state index contributed by atoms with van der Waals surface area (Å²) < 4.78 is 0. The topological polar surface area (TPSA) is 72.2 Å². The number of thioether (sulfide) groups is 1. The number of carbonyl (C=O) groups is 1. The first-order valence-corrected chi connectivity index (χ1v) is 12.3. The highest BCUT2D eigenvalue weighted by molar-refractivity contribution is 8.13. The summed E-state index contributed by atoms with van der Waals surface area (Å²) in [4.78, 5) is 22.1. The normalized spacial score (nSPS) is 10.8. The van der Waals surface area contributed by atoms with Gasteiger partial charge in [0.15, 0.2) is 0 Å². The van der Waals surface area contributed by atoms with Crippen LogP contribution in [0.15, 0.2) is 24.3 Å². The molecular weight excluding hydrogens is 384 g/mol. The van der Waals surface area contributed by atoms with Crippen molar-refractivity contribution in [3.8, 4) is 0 Å². The quantitative estimate of drug-likeness (QED) is 0.155. The first kappa shape index (κ1) is 25.5. The number of hydrogen-bond donors (Lipinski definition) is 1. The van der Waals surface area contributed by atoms with Crippen LogP contribution in [0.3, 0.4) is 0 Å². The number of nitrogens with zero attached hydrogens (tertiary/aromatic N) is 1. The van der Waals surface area contributed by atoms with Crippen molar-refractivity contribution in [2.24, 2.45) is 0 Å². The third-order valence-electron chi connectivity index (χ3n) is 5.06. The van der Waals surface area contributed by atoms with Gasteiger partial charge in [0.2, 0.25) is 0 Å². The van der Waals surface area contributed by atoms with Gasteiger partial charge in [0.05, 0.1) is 4.92 Å². The summed E-state index contributed by atoms with van der Waals surface area (Å²) >= 11 is 1.28. The van der Waals surface area contributed by atoms with E-state index in [4.69, 9.17) is 0 Å². The number of unbranched alkanes of at least 4 members (excludes halogenated alkanes) is 13. The van der Waals surface area contributed by atoms with Crippen LogP contribution in [0.4, 0.5) is 16.2 Å². The Morgan fingerprint density at radius 3 is 1.72 bits per heavy atom. The molecule has 0 bridgehead atoms. The molecule has 1 rings (SSSR count). The molecule has 6 heteroatoms. The Morgan fingerprint density at radius 2 is 1.28 bits per heavy atom. The highest BCUT2D eigenvalue weighted by atomic mass is 32.2. The Balaban J connectivity index is 1.88. The number of non-ortho nitro benzene ring substituents is 1. The fourth-order valence-corrected chi connectivity index (χ4v) is 4.01. The average molecular weight is 423 g/mol. The molecule has 0 saturated carbocycles. The molecule has 0 heterocycles. The van der Waals surface area contributed by atoms with E-state index in [1.54, 1.807) is 12.1 Å². The van der Waals surface area contributed by atoms with Gasteiger partial charge in [-0.3, -0.25) is 14.9 Å². The number of anilines is 1. The van der Waals surface area contributed by atoms with Crippen LogP contribution < -0.4 is 5.32 Å². The number of nitro groups is 1. The van der Waals surface area contributed by atoms with Crippen LogP contribution in [0.2, 0.25) is 0 Å². The van der Waals surface area contributed by atoms with Crippen molar-refractivity contribution in [1.29, 1.82) is 0 Å². The number of amides is 1. The Hall–Kier alpha value is -1.56. The molecule has 0 fully saturated rings. The van der Waals surface area contributed by atoms with E-state index < -0.39 is 4.92 Å².